The maximum absolute atomic E-state index is 11.5. The van der Waals surface area contributed by atoms with E-state index in [4.69, 9.17) is 17.3 Å². The van der Waals surface area contributed by atoms with Crippen LogP contribution in [-0.2, 0) is 4.79 Å². The number of halogens is 1. The molecule has 0 spiro atoms. The Morgan fingerprint density at radius 2 is 2.25 bits per heavy atom. The Hall–Kier alpha value is -1.13. The van der Waals surface area contributed by atoms with Crippen LogP contribution >= 0.6 is 11.6 Å². The van der Waals surface area contributed by atoms with Gasteiger partial charge in [-0.05, 0) is 32.4 Å². The monoisotopic (exact) mass is 241 g/mol. The Morgan fingerprint density at radius 3 is 2.75 bits per heavy atom. The highest BCUT2D eigenvalue weighted by atomic mass is 35.5. The molecular weight excluding hydrogens is 226 g/mol. The van der Waals surface area contributed by atoms with E-state index in [1.165, 1.54) is 6.20 Å². The average molecular weight is 242 g/mol. The van der Waals surface area contributed by atoms with Crippen LogP contribution in [0.2, 0.25) is 5.15 Å². The molecule has 1 aromatic rings. The molecule has 0 aliphatic rings. The topological polar surface area (TPSA) is 68.0 Å². The lowest BCUT2D eigenvalue weighted by molar-refractivity contribution is -0.116. The molecule has 1 rings (SSSR count). The van der Waals surface area contributed by atoms with Gasteiger partial charge in [0.2, 0.25) is 5.91 Å². The Labute approximate surface area is 100 Å². The van der Waals surface area contributed by atoms with Gasteiger partial charge >= 0.3 is 0 Å². The number of hydrogen-bond donors (Lipinski definition) is 2. The van der Waals surface area contributed by atoms with Crippen molar-refractivity contribution in [2.75, 3.05) is 5.32 Å². The van der Waals surface area contributed by atoms with Crippen molar-refractivity contribution < 1.29 is 4.79 Å². The number of nitrogens with one attached hydrogen (secondary N) is 1. The van der Waals surface area contributed by atoms with Crippen molar-refractivity contribution >= 4 is 23.2 Å². The summed E-state index contributed by atoms with van der Waals surface area (Å²) in [6.07, 6.45) is 2.56. The van der Waals surface area contributed by atoms with Gasteiger partial charge in [0, 0.05) is 12.0 Å². The van der Waals surface area contributed by atoms with Crippen LogP contribution in [0.4, 0.5) is 5.69 Å². The summed E-state index contributed by atoms with van der Waals surface area (Å²) in [6, 6.07) is 3.34. The molecule has 3 N–H and O–H groups in total. The smallest absolute Gasteiger partial charge is 0.224 e. The van der Waals surface area contributed by atoms with Gasteiger partial charge in [-0.1, -0.05) is 11.6 Å². The molecule has 0 aliphatic carbocycles. The summed E-state index contributed by atoms with van der Waals surface area (Å²) in [7, 11) is 0. The molecule has 0 atom stereocenters. The second kappa shape index (κ2) is 5.27. The standard InChI is InChI=1S/C11H16ClN3O/c1-11(2,13)6-5-10(16)15-8-3-4-9(12)14-7-8/h3-4,7H,5-6,13H2,1-2H3,(H,15,16). The van der Waals surface area contributed by atoms with Crippen LogP contribution in [0.1, 0.15) is 26.7 Å². The first-order valence-electron chi connectivity index (χ1n) is 5.07. The number of hydrogen-bond acceptors (Lipinski definition) is 3. The molecule has 88 valence electrons. The van der Waals surface area contributed by atoms with Crippen LogP contribution < -0.4 is 11.1 Å². The van der Waals surface area contributed by atoms with Gasteiger partial charge in [0.1, 0.15) is 5.15 Å². The first kappa shape index (κ1) is 12.9. The van der Waals surface area contributed by atoms with Gasteiger partial charge in [-0.15, -0.1) is 0 Å². The number of carbonyl (C=O) groups excluding carboxylic acids is 1. The van der Waals surface area contributed by atoms with E-state index < -0.39 is 0 Å². The molecule has 0 saturated heterocycles. The lowest BCUT2D eigenvalue weighted by Gasteiger charge is -2.17. The minimum absolute atomic E-state index is 0.0670. The van der Waals surface area contributed by atoms with Gasteiger partial charge in [0.05, 0.1) is 11.9 Å². The third-order valence-corrected chi connectivity index (χ3v) is 2.23. The van der Waals surface area contributed by atoms with Crippen molar-refractivity contribution in [2.45, 2.75) is 32.2 Å². The normalized spacial score (nSPS) is 11.2. The number of nitrogens with zero attached hydrogens (tertiary/aromatic N) is 1. The van der Waals surface area contributed by atoms with E-state index in [0.29, 0.717) is 23.7 Å². The number of nitrogens with two attached hydrogens (primary N) is 1. The molecular formula is C11H16ClN3O. The minimum Gasteiger partial charge on any atom is -0.326 e. The third-order valence-electron chi connectivity index (χ3n) is 2.01. The number of anilines is 1. The summed E-state index contributed by atoms with van der Waals surface area (Å²) in [5.74, 6) is -0.0670. The molecule has 16 heavy (non-hydrogen) atoms. The number of amides is 1. The van der Waals surface area contributed by atoms with E-state index in [0.717, 1.165) is 0 Å². The second-order valence-electron chi connectivity index (χ2n) is 4.41. The fourth-order valence-electron chi connectivity index (χ4n) is 1.11. The van der Waals surface area contributed by atoms with Crippen LogP contribution in [0.3, 0.4) is 0 Å². The van der Waals surface area contributed by atoms with Crippen LogP contribution in [0.5, 0.6) is 0 Å². The fraction of sp³-hybridized carbons (Fsp3) is 0.455. The lowest BCUT2D eigenvalue weighted by Crippen LogP contribution is -2.33. The SMILES string of the molecule is CC(C)(N)CCC(=O)Nc1ccc(Cl)nc1. The lowest BCUT2D eigenvalue weighted by atomic mass is 10.00. The highest BCUT2D eigenvalue weighted by Gasteiger charge is 2.13. The van der Waals surface area contributed by atoms with Crippen molar-refractivity contribution in [1.82, 2.24) is 4.98 Å². The molecule has 1 aromatic heterocycles. The summed E-state index contributed by atoms with van der Waals surface area (Å²) >= 11 is 5.63. The number of pyridine rings is 1. The summed E-state index contributed by atoms with van der Waals surface area (Å²) in [5, 5.41) is 3.13. The Bertz CT molecular complexity index is 356. The molecule has 5 heteroatoms. The van der Waals surface area contributed by atoms with Crippen LogP contribution in [0, 0.1) is 0 Å². The molecule has 0 unspecified atom stereocenters. The zero-order chi connectivity index (χ0) is 12.2. The van der Waals surface area contributed by atoms with Crippen molar-refractivity contribution in [3.05, 3.63) is 23.5 Å². The first-order chi connectivity index (χ1) is 7.37. The third kappa shape index (κ3) is 5.09. The van der Waals surface area contributed by atoms with E-state index in [-0.39, 0.29) is 11.4 Å². The van der Waals surface area contributed by atoms with E-state index >= 15 is 0 Å². The number of aromatic nitrogens is 1. The Balaban J connectivity index is 2.43. The fourth-order valence-corrected chi connectivity index (χ4v) is 1.22. The van der Waals surface area contributed by atoms with Crippen molar-refractivity contribution in [1.29, 1.82) is 0 Å². The van der Waals surface area contributed by atoms with Gasteiger partial charge in [0.25, 0.3) is 0 Å². The van der Waals surface area contributed by atoms with E-state index in [9.17, 15) is 4.79 Å². The molecule has 0 bridgehead atoms. The predicted octanol–water partition coefficient (Wildman–Crippen LogP) is 2.19. The molecule has 0 radical (unpaired) electrons. The van der Waals surface area contributed by atoms with Gasteiger partial charge in [-0.25, -0.2) is 4.98 Å². The number of carbonyl (C=O) groups is 1. The first-order valence-corrected chi connectivity index (χ1v) is 5.45. The van der Waals surface area contributed by atoms with E-state index in [1.807, 2.05) is 13.8 Å². The zero-order valence-corrected chi connectivity index (χ0v) is 10.2. The second-order valence-corrected chi connectivity index (χ2v) is 4.79. The van der Waals surface area contributed by atoms with Crippen LogP contribution in [0.15, 0.2) is 18.3 Å². The van der Waals surface area contributed by atoms with Crippen molar-refractivity contribution in [3.63, 3.8) is 0 Å². The Kier molecular flexibility index (Phi) is 4.26. The van der Waals surface area contributed by atoms with Gasteiger partial charge in [-0.2, -0.15) is 0 Å². The van der Waals surface area contributed by atoms with Crippen LogP contribution in [0.25, 0.3) is 0 Å². The summed E-state index contributed by atoms with van der Waals surface area (Å²) in [4.78, 5) is 15.4. The number of rotatable bonds is 4. The molecule has 0 saturated carbocycles. The van der Waals surface area contributed by atoms with Gasteiger partial charge in [-0.3, -0.25) is 4.79 Å². The molecule has 1 amide bonds. The van der Waals surface area contributed by atoms with Crippen molar-refractivity contribution in [2.24, 2.45) is 5.73 Å². The zero-order valence-electron chi connectivity index (χ0n) is 9.46. The van der Waals surface area contributed by atoms with Gasteiger partial charge in [0.15, 0.2) is 0 Å². The summed E-state index contributed by atoms with van der Waals surface area (Å²) in [5.41, 5.74) is 6.11. The molecule has 0 fully saturated rings. The minimum atomic E-state index is -0.324. The molecule has 0 aliphatic heterocycles. The highest BCUT2D eigenvalue weighted by molar-refractivity contribution is 6.29. The quantitative estimate of drug-likeness (QED) is 0.794. The molecule has 4 nitrogen and oxygen atoms in total. The van der Waals surface area contributed by atoms with Crippen molar-refractivity contribution in [3.8, 4) is 0 Å². The summed E-state index contributed by atoms with van der Waals surface area (Å²) in [6.45, 7) is 3.79. The maximum Gasteiger partial charge on any atom is 0.224 e. The molecule has 1 heterocycles. The van der Waals surface area contributed by atoms with Gasteiger partial charge < -0.3 is 11.1 Å². The maximum atomic E-state index is 11.5. The Morgan fingerprint density at radius 1 is 1.56 bits per heavy atom. The predicted molar refractivity (Wildman–Crippen MR) is 65.4 cm³/mol. The van der Waals surface area contributed by atoms with E-state index in [2.05, 4.69) is 10.3 Å². The highest BCUT2D eigenvalue weighted by Crippen LogP contribution is 2.12. The van der Waals surface area contributed by atoms with Crippen LogP contribution in [-0.4, -0.2) is 16.4 Å². The average Bonchev–Trinajstić information content (AvgIpc) is 2.18. The van der Waals surface area contributed by atoms with E-state index in [1.54, 1.807) is 12.1 Å². The largest absolute Gasteiger partial charge is 0.326 e. The summed E-state index contributed by atoms with van der Waals surface area (Å²) < 4.78 is 0. The molecule has 0 aromatic carbocycles.